The van der Waals surface area contributed by atoms with Gasteiger partial charge >= 0.3 is 0 Å². The van der Waals surface area contributed by atoms with Gasteiger partial charge in [-0.3, -0.25) is 4.79 Å². The van der Waals surface area contributed by atoms with Gasteiger partial charge in [-0.2, -0.15) is 0 Å². The first-order valence-electron chi connectivity index (χ1n) is 6.13. The molecule has 0 atom stereocenters. The van der Waals surface area contributed by atoms with Gasteiger partial charge in [-0.25, -0.2) is 0 Å². The number of carbonyl (C=O) groups is 1. The number of hydrogen-bond donors (Lipinski definition) is 2. The fourth-order valence-corrected chi connectivity index (χ4v) is 1.94. The van der Waals surface area contributed by atoms with Crippen LogP contribution in [0.4, 0.5) is 11.4 Å². The Morgan fingerprint density at radius 3 is 2.29 bits per heavy atom. The number of anilines is 2. The van der Waals surface area contributed by atoms with Crippen molar-refractivity contribution in [1.82, 2.24) is 0 Å². The molecule has 6 heteroatoms. The molecular weight excluding hydrogens is 292 g/mol. The van der Waals surface area contributed by atoms with Gasteiger partial charge in [0.15, 0.2) is 0 Å². The molecule has 21 heavy (non-hydrogen) atoms. The van der Waals surface area contributed by atoms with Crippen molar-refractivity contribution in [3.05, 3.63) is 47.0 Å². The quantitative estimate of drug-likeness (QED) is 0.851. The van der Waals surface area contributed by atoms with Crippen molar-refractivity contribution in [3.8, 4) is 11.5 Å². The lowest BCUT2D eigenvalue weighted by molar-refractivity contribution is 0.102. The second-order valence-corrected chi connectivity index (χ2v) is 4.70. The molecule has 0 aromatic heterocycles. The second-order valence-electron chi connectivity index (χ2n) is 4.29. The van der Waals surface area contributed by atoms with E-state index in [2.05, 4.69) is 5.32 Å². The van der Waals surface area contributed by atoms with Crippen molar-refractivity contribution in [2.45, 2.75) is 0 Å². The maximum absolute atomic E-state index is 12.3. The van der Waals surface area contributed by atoms with Crippen LogP contribution < -0.4 is 20.5 Å². The lowest BCUT2D eigenvalue weighted by Crippen LogP contribution is -2.12. The molecule has 0 heterocycles. The summed E-state index contributed by atoms with van der Waals surface area (Å²) in [5, 5.41) is 3.12. The summed E-state index contributed by atoms with van der Waals surface area (Å²) in [5.74, 6) is 0.719. The molecule has 0 unspecified atom stereocenters. The standard InChI is InChI=1S/C15H15ClN2O3/c1-20-11-5-9(6-12(8-11)21-2)15(19)18-14-7-10(17)3-4-13(14)16/h3-8H,17H2,1-2H3,(H,18,19). The summed E-state index contributed by atoms with van der Waals surface area (Å²) in [4.78, 5) is 12.3. The van der Waals surface area contributed by atoms with E-state index in [4.69, 9.17) is 26.8 Å². The average molecular weight is 307 g/mol. The molecule has 110 valence electrons. The minimum absolute atomic E-state index is 0.334. The molecule has 0 bridgehead atoms. The molecule has 0 spiro atoms. The number of amides is 1. The van der Waals surface area contributed by atoms with Gasteiger partial charge in [-0.1, -0.05) is 11.6 Å². The summed E-state index contributed by atoms with van der Waals surface area (Å²) in [6.45, 7) is 0. The highest BCUT2D eigenvalue weighted by Crippen LogP contribution is 2.26. The van der Waals surface area contributed by atoms with Crippen LogP contribution in [0.25, 0.3) is 0 Å². The van der Waals surface area contributed by atoms with Gasteiger partial charge in [0.05, 0.1) is 24.9 Å². The topological polar surface area (TPSA) is 73.6 Å². The maximum Gasteiger partial charge on any atom is 0.255 e. The van der Waals surface area contributed by atoms with Gasteiger partial charge in [0.25, 0.3) is 5.91 Å². The fourth-order valence-electron chi connectivity index (χ4n) is 1.77. The van der Waals surface area contributed by atoms with Crippen molar-refractivity contribution >= 4 is 28.9 Å². The van der Waals surface area contributed by atoms with E-state index in [1.54, 1.807) is 36.4 Å². The maximum atomic E-state index is 12.3. The predicted molar refractivity (Wildman–Crippen MR) is 83.4 cm³/mol. The van der Waals surface area contributed by atoms with Gasteiger partial charge in [0.2, 0.25) is 0 Å². The number of halogens is 1. The highest BCUT2D eigenvalue weighted by atomic mass is 35.5. The van der Waals surface area contributed by atoms with Crippen LogP contribution in [0.15, 0.2) is 36.4 Å². The predicted octanol–water partition coefficient (Wildman–Crippen LogP) is 3.19. The molecule has 0 saturated carbocycles. The van der Waals surface area contributed by atoms with Crippen LogP contribution in [0.5, 0.6) is 11.5 Å². The molecule has 0 aliphatic rings. The number of nitrogens with two attached hydrogens (primary N) is 1. The minimum atomic E-state index is -0.334. The Hall–Kier alpha value is -2.40. The Labute approximate surface area is 127 Å². The normalized spacial score (nSPS) is 10.0. The summed E-state index contributed by atoms with van der Waals surface area (Å²) in [7, 11) is 3.04. The van der Waals surface area contributed by atoms with Crippen LogP contribution in [0, 0.1) is 0 Å². The van der Waals surface area contributed by atoms with Crippen LogP contribution in [-0.4, -0.2) is 20.1 Å². The largest absolute Gasteiger partial charge is 0.497 e. The third-order valence-corrected chi connectivity index (χ3v) is 3.18. The molecule has 2 rings (SSSR count). The first-order valence-corrected chi connectivity index (χ1v) is 6.50. The SMILES string of the molecule is COc1cc(OC)cc(C(=O)Nc2cc(N)ccc2Cl)c1. The van der Waals surface area contributed by atoms with Crippen molar-refractivity contribution < 1.29 is 14.3 Å². The minimum Gasteiger partial charge on any atom is -0.497 e. The van der Waals surface area contributed by atoms with Gasteiger partial charge in [-0.15, -0.1) is 0 Å². The smallest absolute Gasteiger partial charge is 0.255 e. The van der Waals surface area contributed by atoms with E-state index < -0.39 is 0 Å². The number of nitrogen functional groups attached to an aromatic ring is 1. The zero-order valence-electron chi connectivity index (χ0n) is 11.6. The molecule has 0 fully saturated rings. The molecule has 5 nitrogen and oxygen atoms in total. The number of hydrogen-bond acceptors (Lipinski definition) is 4. The van der Waals surface area contributed by atoms with Gasteiger partial charge in [-0.05, 0) is 30.3 Å². The highest BCUT2D eigenvalue weighted by molar-refractivity contribution is 6.34. The molecule has 0 saturated heterocycles. The molecule has 3 N–H and O–H groups in total. The van der Waals surface area contributed by atoms with Crippen molar-refractivity contribution in [3.63, 3.8) is 0 Å². The van der Waals surface area contributed by atoms with Crippen LogP contribution in [0.1, 0.15) is 10.4 Å². The van der Waals surface area contributed by atoms with E-state index in [1.165, 1.54) is 14.2 Å². The summed E-state index contributed by atoms with van der Waals surface area (Å²) >= 11 is 6.03. The zero-order valence-corrected chi connectivity index (χ0v) is 12.4. The number of rotatable bonds is 4. The second kappa shape index (κ2) is 6.37. The monoisotopic (exact) mass is 306 g/mol. The van der Waals surface area contributed by atoms with Gasteiger partial charge in [0, 0.05) is 17.3 Å². The van der Waals surface area contributed by atoms with Crippen LogP contribution >= 0.6 is 11.6 Å². The van der Waals surface area contributed by atoms with E-state index in [0.717, 1.165) is 0 Å². The van der Waals surface area contributed by atoms with Gasteiger partial charge < -0.3 is 20.5 Å². The van der Waals surface area contributed by atoms with Gasteiger partial charge in [0.1, 0.15) is 11.5 Å². The first-order chi connectivity index (χ1) is 10.0. The number of benzene rings is 2. The Bertz CT molecular complexity index is 652. The number of methoxy groups -OCH3 is 2. The van der Waals surface area contributed by atoms with Crippen molar-refractivity contribution in [1.29, 1.82) is 0 Å². The van der Waals surface area contributed by atoms with Crippen molar-refractivity contribution in [2.24, 2.45) is 0 Å². The molecule has 1 amide bonds. The lowest BCUT2D eigenvalue weighted by Gasteiger charge is -2.10. The zero-order chi connectivity index (χ0) is 15.4. The summed E-state index contributed by atoms with van der Waals surface area (Å²) < 4.78 is 10.3. The molecule has 2 aromatic carbocycles. The summed E-state index contributed by atoms with van der Waals surface area (Å²) in [5.41, 5.74) is 7.04. The Kier molecular flexibility index (Phi) is 4.55. The number of nitrogens with one attached hydrogen (secondary N) is 1. The summed E-state index contributed by atoms with van der Waals surface area (Å²) in [6.07, 6.45) is 0. The van der Waals surface area contributed by atoms with E-state index in [1.807, 2.05) is 0 Å². The molecule has 0 aliphatic carbocycles. The van der Waals surface area contributed by atoms with E-state index in [-0.39, 0.29) is 5.91 Å². The third kappa shape index (κ3) is 3.58. The van der Waals surface area contributed by atoms with E-state index in [0.29, 0.717) is 33.5 Å². The summed E-state index contributed by atoms with van der Waals surface area (Å²) in [6, 6.07) is 9.78. The average Bonchev–Trinajstić information content (AvgIpc) is 2.50. The molecule has 0 aliphatic heterocycles. The Morgan fingerprint density at radius 1 is 1.10 bits per heavy atom. The first kappa shape index (κ1) is 15.0. The number of carbonyl (C=O) groups excluding carboxylic acids is 1. The Morgan fingerprint density at radius 2 is 1.71 bits per heavy atom. The number of ether oxygens (including phenoxy) is 2. The van der Waals surface area contributed by atoms with E-state index in [9.17, 15) is 4.79 Å². The molecular formula is C15H15ClN2O3. The van der Waals surface area contributed by atoms with Crippen LogP contribution in [0.2, 0.25) is 5.02 Å². The third-order valence-electron chi connectivity index (χ3n) is 2.85. The van der Waals surface area contributed by atoms with Crippen LogP contribution in [-0.2, 0) is 0 Å². The fraction of sp³-hybridized carbons (Fsp3) is 0.133. The lowest BCUT2D eigenvalue weighted by atomic mass is 10.1. The highest BCUT2D eigenvalue weighted by Gasteiger charge is 2.12. The molecule has 0 radical (unpaired) electrons. The van der Waals surface area contributed by atoms with Crippen LogP contribution in [0.3, 0.4) is 0 Å². The van der Waals surface area contributed by atoms with E-state index >= 15 is 0 Å². The Balaban J connectivity index is 2.29. The van der Waals surface area contributed by atoms with Crippen molar-refractivity contribution in [2.75, 3.05) is 25.3 Å². The molecule has 2 aromatic rings.